The summed E-state index contributed by atoms with van der Waals surface area (Å²) in [4.78, 5) is 13.1. The molecule has 2 unspecified atom stereocenters. The summed E-state index contributed by atoms with van der Waals surface area (Å²) < 4.78 is 62.4. The second-order valence-electron chi connectivity index (χ2n) is 6.71. The van der Waals surface area contributed by atoms with E-state index in [1.54, 1.807) is 12.1 Å². The quantitative estimate of drug-likeness (QED) is 0.722. The molecule has 9 nitrogen and oxygen atoms in total. The number of hydrogen-bond donors (Lipinski definition) is 2. The van der Waals surface area contributed by atoms with Crippen molar-refractivity contribution in [1.29, 1.82) is 5.26 Å². The van der Waals surface area contributed by atoms with Gasteiger partial charge in [0.15, 0.2) is 0 Å². The predicted octanol–water partition coefficient (Wildman–Crippen LogP) is 1.19. The van der Waals surface area contributed by atoms with Crippen molar-refractivity contribution in [3.8, 4) is 6.07 Å². The lowest BCUT2D eigenvalue weighted by atomic mass is 9.97. The number of aliphatic carboxylic acids is 1. The molecule has 0 bridgehead atoms. The second-order valence-corrected chi connectivity index (χ2v) is 8.69. The van der Waals surface area contributed by atoms with Crippen LogP contribution in [0.3, 0.4) is 0 Å². The van der Waals surface area contributed by atoms with Gasteiger partial charge in [0.1, 0.15) is 17.6 Å². The molecule has 2 N–H and O–H groups in total. The Morgan fingerprint density at radius 2 is 2.14 bits per heavy atom. The number of rotatable bonds is 3. The molecule has 160 valence electrons. The molecule has 0 aliphatic carbocycles. The van der Waals surface area contributed by atoms with Crippen LogP contribution in [-0.2, 0) is 19.6 Å². The largest absolute Gasteiger partial charge is 0.490 e. The Morgan fingerprint density at radius 3 is 2.66 bits per heavy atom. The van der Waals surface area contributed by atoms with Gasteiger partial charge in [-0.2, -0.15) is 22.7 Å². The molecular weight excluding hydrogens is 417 g/mol. The number of carbonyl (C=O) groups is 1. The molecule has 2 fully saturated rings. The molecule has 2 aliphatic heterocycles. The van der Waals surface area contributed by atoms with E-state index < -0.39 is 27.8 Å². The van der Waals surface area contributed by atoms with Crippen LogP contribution in [0.25, 0.3) is 0 Å². The van der Waals surface area contributed by atoms with Gasteiger partial charge in [0.05, 0.1) is 24.5 Å². The number of carboxylic acids is 1. The van der Waals surface area contributed by atoms with Crippen molar-refractivity contribution < 1.29 is 36.2 Å². The lowest BCUT2D eigenvalue weighted by molar-refractivity contribution is -0.192. The van der Waals surface area contributed by atoms with E-state index in [0.29, 0.717) is 37.6 Å². The average molecular weight is 436 g/mol. The number of aromatic nitrogens is 1. The normalized spacial score (nSPS) is 24.6. The first kappa shape index (κ1) is 22.9. The molecule has 1 spiro atoms. The maximum Gasteiger partial charge on any atom is 0.490 e. The molecule has 1 aromatic heterocycles. The van der Waals surface area contributed by atoms with E-state index in [1.165, 1.54) is 10.6 Å². The van der Waals surface area contributed by atoms with E-state index in [0.717, 1.165) is 6.42 Å². The molecule has 13 heteroatoms. The maximum absolute atomic E-state index is 11.6. The van der Waals surface area contributed by atoms with Gasteiger partial charge in [0.25, 0.3) is 0 Å². The van der Waals surface area contributed by atoms with Crippen molar-refractivity contribution in [3.63, 3.8) is 0 Å². The minimum atomic E-state index is -5.08. The average Bonchev–Trinajstić information content (AvgIpc) is 3.21. The molecule has 3 heterocycles. The van der Waals surface area contributed by atoms with E-state index in [1.807, 2.05) is 12.1 Å². The van der Waals surface area contributed by atoms with E-state index in [-0.39, 0.29) is 6.04 Å². The third kappa shape index (κ3) is 6.28. The number of sulfonamides is 1. The number of nitrogens with one attached hydrogen (secondary N) is 1. The van der Waals surface area contributed by atoms with E-state index >= 15 is 0 Å². The number of nitrogens with zero attached hydrogens (tertiary/aromatic N) is 3. The summed E-state index contributed by atoms with van der Waals surface area (Å²) in [5, 5.41) is 19.3. The van der Waals surface area contributed by atoms with Crippen molar-refractivity contribution in [1.82, 2.24) is 9.29 Å². The number of ether oxygens (including phenoxy) is 1. The molecule has 3 rings (SSSR count). The zero-order valence-corrected chi connectivity index (χ0v) is 16.1. The predicted molar refractivity (Wildman–Crippen MR) is 94.4 cm³/mol. The molecule has 1 aromatic rings. The van der Waals surface area contributed by atoms with Crippen LogP contribution in [0.1, 0.15) is 18.5 Å². The molecule has 0 aromatic carbocycles. The van der Waals surface area contributed by atoms with Crippen molar-refractivity contribution >= 4 is 21.8 Å². The zero-order valence-electron chi connectivity index (χ0n) is 15.3. The van der Waals surface area contributed by atoms with Gasteiger partial charge in [-0.1, -0.05) is 6.07 Å². The second kappa shape index (κ2) is 8.52. The number of nitriles is 1. The zero-order chi connectivity index (χ0) is 21.9. The molecule has 2 aliphatic rings. The highest BCUT2D eigenvalue weighted by atomic mass is 32.2. The molecule has 2 saturated heterocycles. The Labute approximate surface area is 165 Å². The Kier molecular flexibility index (Phi) is 6.71. The summed E-state index contributed by atoms with van der Waals surface area (Å²) in [6.07, 6.45) is -2.41. The highest BCUT2D eigenvalue weighted by Crippen LogP contribution is 2.36. The van der Waals surface area contributed by atoms with Crippen molar-refractivity contribution in [2.24, 2.45) is 0 Å². The van der Waals surface area contributed by atoms with Crippen molar-refractivity contribution in [2.45, 2.75) is 30.7 Å². The van der Waals surface area contributed by atoms with Gasteiger partial charge < -0.3 is 15.2 Å². The topological polar surface area (TPSA) is 133 Å². The minimum absolute atomic E-state index is 0.0703. The van der Waals surface area contributed by atoms with E-state index in [2.05, 4.69) is 10.3 Å². The van der Waals surface area contributed by atoms with Gasteiger partial charge in [-0.05, 0) is 18.6 Å². The SMILES string of the molecule is CS(=O)(=O)N1CCC2(CC(Nc3cccc(C#N)n3)CO2)C1.O=C(O)C(F)(F)F. The van der Waals surface area contributed by atoms with Gasteiger partial charge in [-0.15, -0.1) is 0 Å². The molecule has 0 radical (unpaired) electrons. The Morgan fingerprint density at radius 1 is 1.48 bits per heavy atom. The van der Waals surface area contributed by atoms with Crippen molar-refractivity contribution in [2.75, 3.05) is 31.3 Å². The molecule has 0 saturated carbocycles. The van der Waals surface area contributed by atoms with Crippen LogP contribution in [0.5, 0.6) is 0 Å². The fourth-order valence-corrected chi connectivity index (χ4v) is 3.99. The summed E-state index contributed by atoms with van der Waals surface area (Å²) in [7, 11) is -3.17. The summed E-state index contributed by atoms with van der Waals surface area (Å²) in [6.45, 7) is 1.43. The van der Waals surface area contributed by atoms with Crippen LogP contribution in [0.4, 0.5) is 19.0 Å². The Bertz CT molecular complexity index is 903. The Hall–Kier alpha value is -2.43. The summed E-state index contributed by atoms with van der Waals surface area (Å²) in [6, 6.07) is 7.32. The van der Waals surface area contributed by atoms with Crippen LogP contribution in [0, 0.1) is 11.3 Å². The minimum Gasteiger partial charge on any atom is -0.475 e. The number of pyridine rings is 1. The van der Waals surface area contributed by atoms with Crippen LogP contribution in [0.15, 0.2) is 18.2 Å². The lowest BCUT2D eigenvalue weighted by Gasteiger charge is -2.22. The van der Waals surface area contributed by atoms with Gasteiger partial charge in [-0.25, -0.2) is 18.2 Å². The molecule has 29 heavy (non-hydrogen) atoms. The van der Waals surface area contributed by atoms with Gasteiger partial charge in [0, 0.05) is 19.5 Å². The first-order valence-corrected chi connectivity index (χ1v) is 10.2. The molecule has 0 amide bonds. The monoisotopic (exact) mass is 436 g/mol. The number of halogens is 3. The van der Waals surface area contributed by atoms with Gasteiger partial charge >= 0.3 is 12.1 Å². The lowest BCUT2D eigenvalue weighted by Crippen LogP contribution is -2.35. The van der Waals surface area contributed by atoms with Gasteiger partial charge in [-0.3, -0.25) is 0 Å². The molecule has 2 atom stereocenters. The fourth-order valence-electron chi connectivity index (χ4n) is 3.10. The summed E-state index contributed by atoms with van der Waals surface area (Å²) in [5.41, 5.74) is -0.0316. The first-order valence-electron chi connectivity index (χ1n) is 8.37. The van der Waals surface area contributed by atoms with Crippen LogP contribution in [-0.4, -0.2) is 72.6 Å². The van der Waals surface area contributed by atoms with Crippen molar-refractivity contribution in [3.05, 3.63) is 23.9 Å². The number of anilines is 1. The van der Waals surface area contributed by atoms with Gasteiger partial charge in [0.2, 0.25) is 10.0 Å². The first-order chi connectivity index (χ1) is 13.3. The molecular formula is C16H19F3N4O5S. The summed E-state index contributed by atoms with van der Waals surface area (Å²) in [5.74, 6) is -2.12. The fraction of sp³-hybridized carbons (Fsp3) is 0.562. The standard InChI is InChI=1S/C14H18N4O3S.C2HF3O2/c1-22(19,20)18-6-5-14(10-18)7-12(9-21-14)17-13-4-2-3-11(8-15)16-13;3-2(4,5)1(6)7/h2-4,12H,5-7,9-10H2,1H3,(H,16,17);(H,6,7). The smallest absolute Gasteiger partial charge is 0.475 e. The van der Waals surface area contributed by atoms with Crippen LogP contribution < -0.4 is 5.32 Å². The number of hydrogen-bond acceptors (Lipinski definition) is 7. The Balaban J connectivity index is 0.000000370. The third-order valence-electron chi connectivity index (χ3n) is 4.42. The van der Waals surface area contributed by atoms with Crippen LogP contribution in [0.2, 0.25) is 0 Å². The number of alkyl halides is 3. The highest BCUT2D eigenvalue weighted by Gasteiger charge is 2.47. The summed E-state index contributed by atoms with van der Waals surface area (Å²) >= 11 is 0. The van der Waals surface area contributed by atoms with E-state index in [4.69, 9.17) is 19.9 Å². The number of carboxylic acid groups (broad SMARTS) is 1. The maximum atomic E-state index is 11.6. The van der Waals surface area contributed by atoms with E-state index in [9.17, 15) is 21.6 Å². The van der Waals surface area contributed by atoms with Crippen LogP contribution >= 0.6 is 0 Å². The third-order valence-corrected chi connectivity index (χ3v) is 5.67. The highest BCUT2D eigenvalue weighted by molar-refractivity contribution is 7.88.